The van der Waals surface area contributed by atoms with Crippen molar-refractivity contribution in [3.05, 3.63) is 48.0 Å². The van der Waals surface area contributed by atoms with Crippen LogP contribution in [0, 0.1) is 11.3 Å². The molecule has 0 saturated heterocycles. The first-order valence-electron chi connectivity index (χ1n) is 5.81. The van der Waals surface area contributed by atoms with Crippen molar-refractivity contribution in [2.75, 3.05) is 7.05 Å². The van der Waals surface area contributed by atoms with E-state index in [-0.39, 0.29) is 5.54 Å². The fourth-order valence-corrected chi connectivity index (χ4v) is 1.82. The third-order valence-electron chi connectivity index (χ3n) is 3.16. The van der Waals surface area contributed by atoms with Gasteiger partial charge < -0.3 is 9.88 Å². The summed E-state index contributed by atoms with van der Waals surface area (Å²) >= 11 is 0. The topological polar surface area (TPSA) is 53.6 Å². The molecule has 1 N–H and O–H groups in total. The first-order chi connectivity index (χ1) is 8.58. The number of imidazole rings is 1. The van der Waals surface area contributed by atoms with Crippen molar-refractivity contribution in [1.82, 2.24) is 14.9 Å². The monoisotopic (exact) mass is 240 g/mol. The molecular formula is C14H16N4. The van der Waals surface area contributed by atoms with Gasteiger partial charge in [0, 0.05) is 5.69 Å². The van der Waals surface area contributed by atoms with Crippen LogP contribution in [0.1, 0.15) is 25.1 Å². The van der Waals surface area contributed by atoms with Crippen molar-refractivity contribution >= 4 is 0 Å². The molecule has 2 aromatic rings. The van der Waals surface area contributed by atoms with Gasteiger partial charge in [0.2, 0.25) is 0 Å². The van der Waals surface area contributed by atoms with Crippen molar-refractivity contribution in [1.29, 1.82) is 5.26 Å². The minimum Gasteiger partial charge on any atom is -0.310 e. The zero-order valence-electron chi connectivity index (χ0n) is 10.8. The molecular weight excluding hydrogens is 224 g/mol. The molecule has 0 bridgehead atoms. The third-order valence-corrected chi connectivity index (χ3v) is 3.16. The van der Waals surface area contributed by atoms with Crippen molar-refractivity contribution < 1.29 is 0 Å². The Morgan fingerprint density at radius 2 is 2.17 bits per heavy atom. The number of hydrogen-bond donors (Lipinski definition) is 1. The molecule has 0 radical (unpaired) electrons. The van der Waals surface area contributed by atoms with Gasteiger partial charge in [-0.05, 0) is 39.1 Å². The van der Waals surface area contributed by atoms with Crippen LogP contribution in [0.3, 0.4) is 0 Å². The van der Waals surface area contributed by atoms with Crippen molar-refractivity contribution in [3.8, 4) is 11.8 Å². The van der Waals surface area contributed by atoms with Crippen molar-refractivity contribution in [3.63, 3.8) is 0 Å². The van der Waals surface area contributed by atoms with Gasteiger partial charge in [0.15, 0.2) is 0 Å². The van der Waals surface area contributed by atoms with Crippen LogP contribution in [0.25, 0.3) is 5.69 Å². The summed E-state index contributed by atoms with van der Waals surface area (Å²) in [7, 11) is 1.92. The van der Waals surface area contributed by atoms with Gasteiger partial charge in [0.25, 0.3) is 0 Å². The van der Waals surface area contributed by atoms with E-state index < -0.39 is 0 Å². The Bertz CT molecular complexity index is 590. The fourth-order valence-electron chi connectivity index (χ4n) is 1.82. The number of hydrogen-bond acceptors (Lipinski definition) is 3. The predicted molar refractivity (Wildman–Crippen MR) is 70.4 cm³/mol. The zero-order chi connectivity index (χ0) is 13.2. The minimum absolute atomic E-state index is 0.181. The summed E-state index contributed by atoms with van der Waals surface area (Å²) in [5.41, 5.74) is 2.47. The minimum atomic E-state index is -0.181. The summed E-state index contributed by atoms with van der Waals surface area (Å²) in [4.78, 5) is 4.21. The largest absolute Gasteiger partial charge is 0.310 e. The lowest BCUT2D eigenvalue weighted by Crippen LogP contribution is -2.35. The van der Waals surface area contributed by atoms with Gasteiger partial charge in [-0.3, -0.25) is 0 Å². The van der Waals surface area contributed by atoms with Crippen LogP contribution in [-0.2, 0) is 5.54 Å². The summed E-state index contributed by atoms with van der Waals surface area (Å²) in [5.74, 6) is 0. The van der Waals surface area contributed by atoms with Gasteiger partial charge in [0.05, 0.1) is 35.4 Å². The molecule has 4 nitrogen and oxygen atoms in total. The molecule has 1 heterocycles. The summed E-state index contributed by atoms with van der Waals surface area (Å²) < 4.78 is 2.00. The van der Waals surface area contributed by atoms with Crippen LogP contribution in [0.15, 0.2) is 36.8 Å². The first kappa shape index (κ1) is 12.3. The molecule has 0 atom stereocenters. The summed E-state index contributed by atoms with van der Waals surface area (Å²) in [5, 5.41) is 12.2. The second kappa shape index (κ2) is 4.63. The maximum atomic E-state index is 8.95. The van der Waals surface area contributed by atoms with Crippen LogP contribution >= 0.6 is 0 Å². The van der Waals surface area contributed by atoms with Gasteiger partial charge >= 0.3 is 0 Å². The van der Waals surface area contributed by atoms with Gasteiger partial charge in [-0.25, -0.2) is 4.98 Å². The van der Waals surface area contributed by atoms with E-state index in [1.807, 2.05) is 36.0 Å². The van der Waals surface area contributed by atoms with E-state index in [4.69, 9.17) is 5.26 Å². The Balaban J connectivity index is 2.53. The van der Waals surface area contributed by atoms with E-state index in [1.165, 1.54) is 0 Å². The summed E-state index contributed by atoms with van der Waals surface area (Å²) in [6.07, 6.45) is 3.61. The maximum Gasteiger partial charge on any atom is 0.0994 e. The number of nitrogens with one attached hydrogen (secondary N) is 1. The summed E-state index contributed by atoms with van der Waals surface area (Å²) in [6.45, 7) is 4.18. The Morgan fingerprint density at radius 3 is 2.83 bits per heavy atom. The van der Waals surface area contributed by atoms with Gasteiger partial charge in [-0.1, -0.05) is 6.07 Å². The van der Waals surface area contributed by atoms with E-state index in [2.05, 4.69) is 30.2 Å². The zero-order valence-corrected chi connectivity index (χ0v) is 10.8. The number of nitriles is 1. The Hall–Kier alpha value is -2.12. The molecule has 4 heteroatoms. The molecule has 1 aromatic carbocycles. The number of rotatable bonds is 3. The van der Waals surface area contributed by atoms with Crippen LogP contribution in [-0.4, -0.2) is 16.6 Å². The highest BCUT2D eigenvalue weighted by Gasteiger charge is 2.22. The lowest BCUT2D eigenvalue weighted by molar-refractivity contribution is 0.425. The average Bonchev–Trinajstić information content (AvgIpc) is 2.89. The van der Waals surface area contributed by atoms with E-state index in [0.717, 1.165) is 11.4 Å². The number of benzene rings is 1. The highest BCUT2D eigenvalue weighted by molar-refractivity contribution is 5.42. The lowest BCUT2D eigenvalue weighted by atomic mass is 10.0. The van der Waals surface area contributed by atoms with Crippen LogP contribution < -0.4 is 5.32 Å². The predicted octanol–water partition coefficient (Wildman–Crippen LogP) is 2.20. The molecule has 0 saturated carbocycles. The Kier molecular flexibility index (Phi) is 3.17. The van der Waals surface area contributed by atoms with E-state index in [0.29, 0.717) is 5.56 Å². The molecule has 1 aromatic heterocycles. The standard InChI is InChI=1S/C14H16N4/c1-14(2,16-3)13-9-17-10-18(13)12-6-4-5-11(7-12)8-15/h4-7,9-10,16H,1-3H3. The molecule has 0 aliphatic heterocycles. The fraction of sp³-hybridized carbons (Fsp3) is 0.286. The van der Waals surface area contributed by atoms with Crippen LogP contribution in [0.5, 0.6) is 0 Å². The SMILES string of the molecule is CNC(C)(C)c1cncn1-c1cccc(C#N)c1. The molecule has 0 unspecified atom stereocenters. The Labute approximate surface area is 107 Å². The van der Waals surface area contributed by atoms with Crippen LogP contribution in [0.4, 0.5) is 0 Å². The molecule has 18 heavy (non-hydrogen) atoms. The van der Waals surface area contributed by atoms with Gasteiger partial charge in [0.1, 0.15) is 0 Å². The molecule has 0 aliphatic rings. The molecule has 0 aliphatic carbocycles. The molecule has 0 spiro atoms. The normalized spacial score (nSPS) is 11.2. The second-order valence-corrected chi connectivity index (χ2v) is 4.69. The molecule has 0 fully saturated rings. The van der Waals surface area contributed by atoms with Crippen molar-refractivity contribution in [2.24, 2.45) is 0 Å². The van der Waals surface area contributed by atoms with E-state index >= 15 is 0 Å². The molecule has 0 amide bonds. The second-order valence-electron chi connectivity index (χ2n) is 4.69. The number of nitrogens with zero attached hydrogens (tertiary/aromatic N) is 3. The van der Waals surface area contributed by atoms with Gasteiger partial charge in [-0.15, -0.1) is 0 Å². The van der Waals surface area contributed by atoms with E-state index in [1.54, 1.807) is 12.4 Å². The molecule has 92 valence electrons. The smallest absolute Gasteiger partial charge is 0.0994 e. The highest BCUT2D eigenvalue weighted by Crippen LogP contribution is 2.22. The Morgan fingerprint density at radius 1 is 1.39 bits per heavy atom. The highest BCUT2D eigenvalue weighted by atomic mass is 15.1. The van der Waals surface area contributed by atoms with Crippen molar-refractivity contribution in [2.45, 2.75) is 19.4 Å². The van der Waals surface area contributed by atoms with E-state index in [9.17, 15) is 0 Å². The third kappa shape index (κ3) is 2.13. The van der Waals surface area contributed by atoms with Gasteiger partial charge in [-0.2, -0.15) is 5.26 Å². The first-order valence-corrected chi connectivity index (χ1v) is 5.81. The maximum absolute atomic E-state index is 8.95. The summed E-state index contributed by atoms with van der Waals surface area (Å²) in [6, 6.07) is 9.65. The molecule has 2 rings (SSSR count). The number of aromatic nitrogens is 2. The van der Waals surface area contributed by atoms with Crippen LogP contribution in [0.2, 0.25) is 0 Å². The average molecular weight is 240 g/mol. The quantitative estimate of drug-likeness (QED) is 0.894. The lowest BCUT2D eigenvalue weighted by Gasteiger charge is -2.25.